The Morgan fingerprint density at radius 1 is 1.50 bits per heavy atom. The molecule has 0 unspecified atom stereocenters. The van der Waals surface area contributed by atoms with Crippen LogP contribution in [0.1, 0.15) is 37.8 Å². The minimum atomic E-state index is -0.261. The summed E-state index contributed by atoms with van der Waals surface area (Å²) in [5, 5.41) is 0. The topological polar surface area (TPSA) is 64.8 Å². The van der Waals surface area contributed by atoms with Crippen LogP contribution in [0.4, 0.5) is 4.79 Å². The van der Waals surface area contributed by atoms with Crippen molar-refractivity contribution in [1.82, 2.24) is 4.90 Å². The fraction of sp³-hybridized carbons (Fsp3) is 0.562. The van der Waals surface area contributed by atoms with E-state index in [1.807, 2.05) is 25.1 Å². The van der Waals surface area contributed by atoms with E-state index in [2.05, 4.69) is 15.9 Å². The zero-order valence-corrected chi connectivity index (χ0v) is 14.3. The molecule has 1 aromatic carbocycles. The lowest BCUT2D eigenvalue weighted by Gasteiger charge is -2.46. The number of nitrogens with zero attached hydrogens (tertiary/aromatic N) is 1. The number of likely N-dealkylation sites (tertiary alicyclic amines) is 1. The third-order valence-electron chi connectivity index (χ3n) is 4.49. The summed E-state index contributed by atoms with van der Waals surface area (Å²) in [6.45, 7) is 3.53. The molecule has 1 atom stereocenters. The lowest BCUT2D eigenvalue weighted by molar-refractivity contribution is -0.0205. The third-order valence-corrected chi connectivity index (χ3v) is 4.98. The highest BCUT2D eigenvalue weighted by atomic mass is 79.9. The number of rotatable bonds is 1. The van der Waals surface area contributed by atoms with Crippen molar-refractivity contribution >= 4 is 22.0 Å². The number of hydrogen-bond donors (Lipinski definition) is 1. The van der Waals surface area contributed by atoms with Crippen molar-refractivity contribution in [1.29, 1.82) is 0 Å². The minimum Gasteiger partial charge on any atom is -0.487 e. The molecule has 22 heavy (non-hydrogen) atoms. The van der Waals surface area contributed by atoms with Crippen molar-refractivity contribution < 1.29 is 14.3 Å². The molecule has 0 bridgehead atoms. The van der Waals surface area contributed by atoms with Gasteiger partial charge in [0, 0.05) is 48.4 Å². The predicted octanol–water partition coefficient (Wildman–Crippen LogP) is 3.22. The predicted molar refractivity (Wildman–Crippen MR) is 86.9 cm³/mol. The number of carbonyl (C=O) groups excluding carboxylic acids is 1. The molecule has 0 aliphatic carbocycles. The second-order valence-corrected chi connectivity index (χ2v) is 6.88. The van der Waals surface area contributed by atoms with E-state index in [4.69, 9.17) is 15.2 Å². The molecular weight excluding hydrogens is 348 g/mol. The van der Waals surface area contributed by atoms with E-state index in [0.29, 0.717) is 19.7 Å². The Hall–Kier alpha value is -1.27. The lowest BCUT2D eigenvalue weighted by atomic mass is 9.81. The Labute approximate surface area is 138 Å². The van der Waals surface area contributed by atoms with E-state index in [9.17, 15) is 4.79 Å². The highest BCUT2D eigenvalue weighted by molar-refractivity contribution is 9.10. The number of hydrogen-bond acceptors (Lipinski definition) is 4. The lowest BCUT2D eigenvalue weighted by Crippen LogP contribution is -2.52. The number of piperidine rings is 1. The van der Waals surface area contributed by atoms with Gasteiger partial charge in [-0.05, 0) is 25.1 Å². The second kappa shape index (κ2) is 6.08. The number of ether oxygens (including phenoxy) is 2. The van der Waals surface area contributed by atoms with Crippen LogP contribution in [0.2, 0.25) is 0 Å². The van der Waals surface area contributed by atoms with E-state index in [1.54, 1.807) is 4.90 Å². The molecule has 1 aromatic rings. The van der Waals surface area contributed by atoms with Crippen LogP contribution < -0.4 is 10.5 Å². The smallest absolute Gasteiger partial charge is 0.409 e. The number of carbonyl (C=O) groups is 1. The standard InChI is InChI=1S/C16H21BrN2O3/c1-2-21-15(20)19-7-5-16(6-8-19)10-13(18)12-9-11(17)3-4-14(12)22-16/h3-4,9,13H,2,5-8,10,18H2,1H3/t13-/m0/s1. The molecule has 0 radical (unpaired) electrons. The fourth-order valence-electron chi connectivity index (χ4n) is 3.31. The molecule has 2 N–H and O–H groups in total. The molecular formula is C16H21BrN2O3. The monoisotopic (exact) mass is 368 g/mol. The van der Waals surface area contributed by atoms with Gasteiger partial charge in [-0.1, -0.05) is 15.9 Å². The molecule has 2 heterocycles. The zero-order valence-electron chi connectivity index (χ0n) is 12.7. The van der Waals surface area contributed by atoms with Gasteiger partial charge >= 0.3 is 6.09 Å². The van der Waals surface area contributed by atoms with Gasteiger partial charge in [-0.3, -0.25) is 0 Å². The largest absolute Gasteiger partial charge is 0.487 e. The molecule has 2 aliphatic rings. The molecule has 5 nitrogen and oxygen atoms in total. The first-order valence-corrected chi connectivity index (χ1v) is 8.48. The van der Waals surface area contributed by atoms with Crippen LogP contribution in [0.25, 0.3) is 0 Å². The quantitative estimate of drug-likeness (QED) is 0.826. The van der Waals surface area contributed by atoms with Crippen molar-refractivity contribution in [2.45, 2.75) is 37.8 Å². The number of halogens is 1. The number of benzene rings is 1. The van der Waals surface area contributed by atoms with Crippen molar-refractivity contribution in [2.75, 3.05) is 19.7 Å². The maximum atomic E-state index is 11.8. The summed E-state index contributed by atoms with van der Waals surface area (Å²) < 4.78 is 12.4. The van der Waals surface area contributed by atoms with Crippen molar-refractivity contribution in [2.24, 2.45) is 5.73 Å². The summed E-state index contributed by atoms with van der Waals surface area (Å²) in [5.74, 6) is 0.867. The average molecular weight is 369 g/mol. The van der Waals surface area contributed by atoms with E-state index >= 15 is 0 Å². The van der Waals surface area contributed by atoms with Crippen molar-refractivity contribution in [3.05, 3.63) is 28.2 Å². The zero-order chi connectivity index (χ0) is 15.7. The van der Waals surface area contributed by atoms with Gasteiger partial charge in [0.25, 0.3) is 0 Å². The molecule has 2 aliphatic heterocycles. The molecule has 1 spiro atoms. The second-order valence-electron chi connectivity index (χ2n) is 5.96. The molecule has 1 saturated heterocycles. The van der Waals surface area contributed by atoms with Crippen LogP contribution in [0, 0.1) is 0 Å². The van der Waals surface area contributed by atoms with Crippen LogP contribution in [0.15, 0.2) is 22.7 Å². The van der Waals surface area contributed by atoms with E-state index in [-0.39, 0.29) is 17.7 Å². The Morgan fingerprint density at radius 2 is 2.23 bits per heavy atom. The minimum absolute atomic E-state index is 0.0320. The van der Waals surface area contributed by atoms with Gasteiger partial charge in [0.15, 0.2) is 0 Å². The maximum Gasteiger partial charge on any atom is 0.409 e. The highest BCUT2D eigenvalue weighted by Gasteiger charge is 2.43. The third kappa shape index (κ3) is 2.94. The van der Waals surface area contributed by atoms with Crippen LogP contribution in [-0.2, 0) is 4.74 Å². The number of nitrogens with two attached hydrogens (primary N) is 1. The molecule has 120 valence electrons. The SMILES string of the molecule is CCOC(=O)N1CCC2(CC1)C[C@H](N)c1cc(Br)ccc1O2. The van der Waals surface area contributed by atoms with Crippen LogP contribution >= 0.6 is 15.9 Å². The summed E-state index contributed by atoms with van der Waals surface area (Å²) in [5.41, 5.74) is 7.15. The summed E-state index contributed by atoms with van der Waals surface area (Å²) >= 11 is 3.47. The summed E-state index contributed by atoms with van der Waals surface area (Å²) in [7, 11) is 0. The highest BCUT2D eigenvalue weighted by Crippen LogP contribution is 2.44. The molecule has 1 fully saturated rings. The maximum absolute atomic E-state index is 11.8. The van der Waals surface area contributed by atoms with E-state index < -0.39 is 0 Å². The Kier molecular flexibility index (Phi) is 4.32. The first kappa shape index (κ1) is 15.6. The molecule has 1 amide bonds. The Bertz CT molecular complexity index is 571. The normalized spacial score (nSPS) is 22.9. The van der Waals surface area contributed by atoms with Gasteiger partial charge in [-0.2, -0.15) is 0 Å². The molecule has 6 heteroatoms. The number of fused-ring (bicyclic) bond motifs is 1. The number of amides is 1. The van der Waals surface area contributed by atoms with Crippen molar-refractivity contribution in [3.8, 4) is 5.75 Å². The summed E-state index contributed by atoms with van der Waals surface area (Å²) in [4.78, 5) is 13.6. The Morgan fingerprint density at radius 3 is 2.91 bits per heavy atom. The van der Waals surface area contributed by atoms with Gasteiger partial charge in [0.2, 0.25) is 0 Å². The van der Waals surface area contributed by atoms with Crippen molar-refractivity contribution in [3.63, 3.8) is 0 Å². The average Bonchev–Trinajstić information content (AvgIpc) is 2.49. The first-order chi connectivity index (χ1) is 10.5. The molecule has 0 saturated carbocycles. The summed E-state index contributed by atoms with van der Waals surface area (Å²) in [6, 6.07) is 5.94. The van der Waals surface area contributed by atoms with Gasteiger partial charge in [0.1, 0.15) is 11.4 Å². The summed E-state index contributed by atoms with van der Waals surface area (Å²) in [6.07, 6.45) is 2.12. The molecule has 3 rings (SSSR count). The van der Waals surface area contributed by atoms with Gasteiger partial charge in [-0.25, -0.2) is 4.79 Å². The first-order valence-electron chi connectivity index (χ1n) is 7.69. The van der Waals surface area contributed by atoms with Crippen LogP contribution in [0.5, 0.6) is 5.75 Å². The van der Waals surface area contributed by atoms with Crippen LogP contribution in [0.3, 0.4) is 0 Å². The van der Waals surface area contributed by atoms with E-state index in [0.717, 1.165) is 35.0 Å². The Balaban J connectivity index is 1.72. The van der Waals surface area contributed by atoms with Gasteiger partial charge in [0.05, 0.1) is 6.61 Å². The van der Waals surface area contributed by atoms with Gasteiger partial charge < -0.3 is 20.1 Å². The molecule has 0 aromatic heterocycles. The van der Waals surface area contributed by atoms with Gasteiger partial charge in [-0.15, -0.1) is 0 Å². The van der Waals surface area contributed by atoms with Crippen LogP contribution in [-0.4, -0.2) is 36.3 Å². The fourth-order valence-corrected chi connectivity index (χ4v) is 3.68. The van der Waals surface area contributed by atoms with E-state index in [1.165, 1.54) is 0 Å².